The van der Waals surface area contributed by atoms with Crippen LogP contribution in [-0.4, -0.2) is 22.0 Å². The molecule has 0 atom stereocenters. The van der Waals surface area contributed by atoms with Crippen molar-refractivity contribution in [3.8, 4) is 10.7 Å². The van der Waals surface area contributed by atoms with Crippen LogP contribution in [0.1, 0.15) is 26.7 Å². The number of hydrogen-bond donors (Lipinski definition) is 2. The Balaban J connectivity index is 1.46. The van der Waals surface area contributed by atoms with E-state index in [1.165, 1.54) is 22.7 Å². The van der Waals surface area contributed by atoms with Gasteiger partial charge in [0, 0.05) is 10.4 Å². The predicted molar refractivity (Wildman–Crippen MR) is 120 cm³/mol. The number of rotatable bonds is 7. The first-order valence-corrected chi connectivity index (χ1v) is 11.1. The van der Waals surface area contributed by atoms with Crippen LogP contribution in [0.25, 0.3) is 16.8 Å². The van der Waals surface area contributed by atoms with E-state index in [4.69, 9.17) is 4.52 Å². The van der Waals surface area contributed by atoms with E-state index in [2.05, 4.69) is 20.8 Å². The topological polar surface area (TPSA) is 97.1 Å². The third kappa shape index (κ3) is 5.33. The molecular weight excluding hydrogens is 432 g/mol. The molecule has 7 nitrogen and oxygen atoms in total. The first kappa shape index (κ1) is 20.7. The molecule has 0 bridgehead atoms. The fourth-order valence-electron chi connectivity index (χ4n) is 2.66. The van der Waals surface area contributed by atoms with Gasteiger partial charge in [0.2, 0.25) is 11.7 Å². The quantitative estimate of drug-likeness (QED) is 0.410. The number of aryl methyl sites for hydroxylation is 1. The van der Waals surface area contributed by atoms with Crippen molar-refractivity contribution in [3.05, 3.63) is 86.9 Å². The normalized spacial score (nSPS) is 11.3. The highest BCUT2D eigenvalue weighted by atomic mass is 32.1. The average molecular weight is 451 g/mol. The summed E-state index contributed by atoms with van der Waals surface area (Å²) in [6.45, 7) is 1.98. The Labute approximate surface area is 186 Å². The molecule has 0 aliphatic rings. The Kier molecular flexibility index (Phi) is 6.34. The number of benzene rings is 1. The number of carbonyl (C=O) groups excluding carboxylic acids is 2. The van der Waals surface area contributed by atoms with Gasteiger partial charge in [0.05, 0.1) is 11.4 Å². The van der Waals surface area contributed by atoms with E-state index in [9.17, 15) is 9.59 Å². The maximum absolute atomic E-state index is 12.8. The maximum Gasteiger partial charge on any atom is 0.268 e. The molecular formula is C22H18N4O3S2. The summed E-state index contributed by atoms with van der Waals surface area (Å²) < 4.78 is 5.21. The fourth-order valence-corrected chi connectivity index (χ4v) is 3.96. The third-order valence-electron chi connectivity index (χ3n) is 4.25. The number of carbonyl (C=O) groups is 2. The van der Waals surface area contributed by atoms with E-state index < -0.39 is 5.91 Å². The monoisotopic (exact) mass is 450 g/mol. The molecule has 0 aliphatic heterocycles. The standard InChI is InChI=1S/C22H18N4O3S2/c1-14-6-8-15(9-7-14)21(27)24-17(12-16-4-2-10-30-16)22(28)23-13-19-25-20(26-29-19)18-5-3-11-31-18/h2-12H,13H2,1H3,(H,23,28)(H,24,27)/b17-12-. The third-order valence-corrected chi connectivity index (χ3v) is 5.93. The van der Waals surface area contributed by atoms with Gasteiger partial charge in [-0.05, 0) is 48.0 Å². The number of hydrogen-bond acceptors (Lipinski definition) is 7. The number of thiophene rings is 2. The van der Waals surface area contributed by atoms with E-state index in [1.807, 2.05) is 54.1 Å². The smallest absolute Gasteiger partial charge is 0.268 e. The maximum atomic E-state index is 12.8. The second-order valence-electron chi connectivity index (χ2n) is 6.57. The molecule has 9 heteroatoms. The molecule has 0 radical (unpaired) electrons. The molecule has 0 unspecified atom stereocenters. The molecule has 4 rings (SSSR count). The summed E-state index contributed by atoms with van der Waals surface area (Å²) in [5.41, 5.74) is 1.64. The zero-order valence-corrected chi connectivity index (χ0v) is 18.1. The highest BCUT2D eigenvalue weighted by molar-refractivity contribution is 7.13. The van der Waals surface area contributed by atoms with Gasteiger partial charge in [-0.3, -0.25) is 9.59 Å². The fraction of sp³-hybridized carbons (Fsp3) is 0.0909. The number of nitrogens with one attached hydrogen (secondary N) is 2. The van der Waals surface area contributed by atoms with Gasteiger partial charge < -0.3 is 15.2 Å². The van der Waals surface area contributed by atoms with Crippen molar-refractivity contribution in [2.45, 2.75) is 13.5 Å². The Morgan fingerprint density at radius 2 is 1.84 bits per heavy atom. The number of amides is 2. The number of aromatic nitrogens is 2. The van der Waals surface area contributed by atoms with Crippen LogP contribution in [0.3, 0.4) is 0 Å². The Morgan fingerprint density at radius 1 is 1.06 bits per heavy atom. The zero-order chi connectivity index (χ0) is 21.6. The van der Waals surface area contributed by atoms with Crippen molar-refractivity contribution in [3.63, 3.8) is 0 Å². The van der Waals surface area contributed by atoms with Gasteiger partial charge >= 0.3 is 0 Å². The molecule has 0 saturated heterocycles. The van der Waals surface area contributed by atoms with Gasteiger partial charge in [0.1, 0.15) is 5.70 Å². The second kappa shape index (κ2) is 9.50. The summed E-state index contributed by atoms with van der Waals surface area (Å²) >= 11 is 2.96. The van der Waals surface area contributed by atoms with Crippen LogP contribution in [0.5, 0.6) is 0 Å². The van der Waals surface area contributed by atoms with Crippen molar-refractivity contribution >= 4 is 40.6 Å². The molecule has 3 aromatic heterocycles. The summed E-state index contributed by atoms with van der Waals surface area (Å²) in [7, 11) is 0. The zero-order valence-electron chi connectivity index (χ0n) is 16.5. The molecule has 4 aromatic rings. The van der Waals surface area contributed by atoms with Gasteiger partial charge in [-0.1, -0.05) is 35.0 Å². The lowest BCUT2D eigenvalue weighted by Crippen LogP contribution is -2.34. The molecule has 0 aliphatic carbocycles. The molecule has 156 valence electrons. The summed E-state index contributed by atoms with van der Waals surface area (Å²) in [5.74, 6) is -0.0705. The van der Waals surface area contributed by atoms with Gasteiger partial charge in [0.15, 0.2) is 0 Å². The summed E-state index contributed by atoms with van der Waals surface area (Å²) in [5, 5.41) is 13.2. The molecule has 0 fully saturated rings. The van der Waals surface area contributed by atoms with Gasteiger partial charge in [-0.15, -0.1) is 22.7 Å². The van der Waals surface area contributed by atoms with E-state index in [1.54, 1.807) is 18.2 Å². The largest absolute Gasteiger partial charge is 0.342 e. The van der Waals surface area contributed by atoms with Gasteiger partial charge in [0.25, 0.3) is 11.8 Å². The minimum absolute atomic E-state index is 0.0411. The molecule has 0 saturated carbocycles. The lowest BCUT2D eigenvalue weighted by molar-refractivity contribution is -0.118. The summed E-state index contributed by atoms with van der Waals surface area (Å²) in [6, 6.07) is 14.7. The molecule has 0 spiro atoms. The van der Waals surface area contributed by atoms with Crippen LogP contribution in [0.2, 0.25) is 0 Å². The first-order valence-electron chi connectivity index (χ1n) is 9.36. The second-order valence-corrected chi connectivity index (χ2v) is 8.49. The SMILES string of the molecule is Cc1ccc(C(=O)N/C(=C\c2cccs2)C(=O)NCc2nc(-c3cccs3)no2)cc1. The van der Waals surface area contributed by atoms with Crippen LogP contribution in [-0.2, 0) is 11.3 Å². The van der Waals surface area contributed by atoms with Crippen LogP contribution in [0.15, 0.2) is 69.5 Å². The Morgan fingerprint density at radius 3 is 2.55 bits per heavy atom. The van der Waals surface area contributed by atoms with Crippen LogP contribution in [0, 0.1) is 6.92 Å². The van der Waals surface area contributed by atoms with Crippen molar-refractivity contribution in [2.24, 2.45) is 0 Å². The van der Waals surface area contributed by atoms with Crippen molar-refractivity contribution in [1.29, 1.82) is 0 Å². The Bertz CT molecular complexity index is 1190. The van der Waals surface area contributed by atoms with E-state index in [-0.39, 0.29) is 24.0 Å². The minimum Gasteiger partial charge on any atom is -0.342 e. The summed E-state index contributed by atoms with van der Waals surface area (Å²) in [4.78, 5) is 31.5. The number of nitrogens with zero attached hydrogens (tertiary/aromatic N) is 2. The van der Waals surface area contributed by atoms with Crippen LogP contribution in [0.4, 0.5) is 0 Å². The molecule has 3 heterocycles. The van der Waals surface area contributed by atoms with Crippen molar-refractivity contribution in [1.82, 2.24) is 20.8 Å². The predicted octanol–water partition coefficient (Wildman–Crippen LogP) is 4.26. The highest BCUT2D eigenvalue weighted by Gasteiger charge is 2.16. The van der Waals surface area contributed by atoms with E-state index in [0.717, 1.165) is 15.3 Å². The van der Waals surface area contributed by atoms with E-state index in [0.29, 0.717) is 11.4 Å². The Hall–Kier alpha value is -3.56. The molecule has 1 aromatic carbocycles. The molecule has 2 amide bonds. The van der Waals surface area contributed by atoms with Crippen molar-refractivity contribution in [2.75, 3.05) is 0 Å². The van der Waals surface area contributed by atoms with E-state index >= 15 is 0 Å². The molecule has 31 heavy (non-hydrogen) atoms. The van der Waals surface area contributed by atoms with Gasteiger partial charge in [-0.25, -0.2) is 0 Å². The molecule has 2 N–H and O–H groups in total. The lowest BCUT2D eigenvalue weighted by atomic mass is 10.1. The van der Waals surface area contributed by atoms with Gasteiger partial charge in [-0.2, -0.15) is 4.98 Å². The van der Waals surface area contributed by atoms with Crippen LogP contribution >= 0.6 is 22.7 Å². The first-order chi connectivity index (χ1) is 15.1. The minimum atomic E-state index is -0.454. The van der Waals surface area contributed by atoms with Crippen LogP contribution < -0.4 is 10.6 Å². The summed E-state index contributed by atoms with van der Waals surface area (Å²) in [6.07, 6.45) is 1.64. The highest BCUT2D eigenvalue weighted by Crippen LogP contribution is 2.21. The average Bonchev–Trinajstić information content (AvgIpc) is 3.54. The van der Waals surface area contributed by atoms with Crippen molar-refractivity contribution < 1.29 is 14.1 Å². The lowest BCUT2D eigenvalue weighted by Gasteiger charge is -2.10.